The lowest BCUT2D eigenvalue weighted by Crippen LogP contribution is -2.48. The minimum Gasteiger partial charge on any atom is -0.329 e. The first-order valence-corrected chi connectivity index (χ1v) is 8.18. The Bertz CT molecular complexity index is 652. The Hall–Kier alpha value is -2.20. The van der Waals surface area contributed by atoms with Gasteiger partial charge in [0.05, 0.1) is 6.04 Å². The number of benzene rings is 1. The van der Waals surface area contributed by atoms with Gasteiger partial charge in [-0.25, -0.2) is 0 Å². The van der Waals surface area contributed by atoms with Crippen LogP contribution in [-0.4, -0.2) is 35.4 Å². The van der Waals surface area contributed by atoms with E-state index in [2.05, 4.69) is 36.3 Å². The van der Waals surface area contributed by atoms with E-state index in [-0.39, 0.29) is 11.9 Å². The number of hydrogen-bond donors (Lipinski definition) is 1. The zero-order valence-electron chi connectivity index (χ0n) is 13.7. The third-order valence-electron chi connectivity index (χ3n) is 4.40. The first-order chi connectivity index (χ1) is 11.2. The number of amides is 1. The predicted molar refractivity (Wildman–Crippen MR) is 91.4 cm³/mol. The van der Waals surface area contributed by atoms with E-state index in [1.165, 1.54) is 5.56 Å². The molecule has 0 bridgehead atoms. The molecule has 1 unspecified atom stereocenters. The quantitative estimate of drug-likeness (QED) is 0.948. The van der Waals surface area contributed by atoms with Crippen LogP contribution >= 0.6 is 0 Å². The topological polar surface area (TPSA) is 45.2 Å². The zero-order valence-corrected chi connectivity index (χ0v) is 13.7. The summed E-state index contributed by atoms with van der Waals surface area (Å²) in [7, 11) is 0. The summed E-state index contributed by atoms with van der Waals surface area (Å²) in [5.74, 6) is 0.567. The van der Waals surface area contributed by atoms with Crippen molar-refractivity contribution < 1.29 is 4.79 Å². The van der Waals surface area contributed by atoms with Crippen molar-refractivity contribution in [2.24, 2.45) is 0 Å². The number of aromatic nitrogens is 1. The van der Waals surface area contributed by atoms with Crippen LogP contribution in [0.3, 0.4) is 0 Å². The molecular weight excluding hydrogens is 286 g/mol. The van der Waals surface area contributed by atoms with Gasteiger partial charge < -0.3 is 10.2 Å². The fourth-order valence-corrected chi connectivity index (χ4v) is 2.99. The molecule has 2 aromatic rings. The lowest BCUT2D eigenvalue weighted by Gasteiger charge is -2.36. The lowest BCUT2D eigenvalue weighted by atomic mass is 10.00. The van der Waals surface area contributed by atoms with Gasteiger partial charge in [-0.15, -0.1) is 0 Å². The smallest absolute Gasteiger partial charge is 0.254 e. The molecule has 0 saturated carbocycles. The summed E-state index contributed by atoms with van der Waals surface area (Å²) in [5.41, 5.74) is 3.09. The highest BCUT2D eigenvalue weighted by molar-refractivity contribution is 5.94. The van der Waals surface area contributed by atoms with Gasteiger partial charge in [0, 0.05) is 37.6 Å². The fourth-order valence-electron chi connectivity index (χ4n) is 2.99. The maximum atomic E-state index is 12.9. The van der Waals surface area contributed by atoms with Crippen LogP contribution in [0.1, 0.15) is 47.3 Å². The van der Waals surface area contributed by atoms with Gasteiger partial charge in [0.15, 0.2) is 0 Å². The first kappa shape index (κ1) is 15.7. The van der Waals surface area contributed by atoms with Crippen molar-refractivity contribution in [2.45, 2.75) is 25.8 Å². The molecule has 0 spiro atoms. The predicted octanol–water partition coefficient (Wildman–Crippen LogP) is 2.99. The summed E-state index contributed by atoms with van der Waals surface area (Å²) >= 11 is 0. The molecule has 1 aliphatic rings. The monoisotopic (exact) mass is 309 g/mol. The van der Waals surface area contributed by atoms with Crippen molar-refractivity contribution >= 4 is 5.91 Å². The average Bonchev–Trinajstić information content (AvgIpc) is 2.62. The van der Waals surface area contributed by atoms with Crippen molar-refractivity contribution in [2.75, 3.05) is 19.6 Å². The van der Waals surface area contributed by atoms with Crippen LogP contribution in [0.4, 0.5) is 0 Å². The Labute approximate surface area is 137 Å². The number of nitrogens with zero attached hydrogens (tertiary/aromatic N) is 2. The van der Waals surface area contributed by atoms with Gasteiger partial charge in [-0.3, -0.25) is 9.78 Å². The van der Waals surface area contributed by atoms with E-state index in [0.29, 0.717) is 12.5 Å². The number of piperazine rings is 1. The lowest BCUT2D eigenvalue weighted by molar-refractivity contribution is 0.0634. The van der Waals surface area contributed by atoms with Crippen LogP contribution in [0.5, 0.6) is 0 Å². The maximum Gasteiger partial charge on any atom is 0.254 e. The number of hydrogen-bond acceptors (Lipinski definition) is 3. The third-order valence-corrected chi connectivity index (χ3v) is 4.40. The molecule has 1 N–H and O–H groups in total. The normalized spacial score (nSPS) is 18.2. The second-order valence-corrected chi connectivity index (χ2v) is 6.28. The second kappa shape index (κ2) is 6.92. The molecule has 1 aromatic heterocycles. The maximum absolute atomic E-state index is 12.9. The van der Waals surface area contributed by atoms with Gasteiger partial charge in [-0.05, 0) is 35.2 Å². The summed E-state index contributed by atoms with van der Waals surface area (Å²) in [6.45, 7) is 6.62. The summed E-state index contributed by atoms with van der Waals surface area (Å²) in [6.07, 6.45) is 3.61. The number of rotatable bonds is 3. The van der Waals surface area contributed by atoms with Gasteiger partial charge >= 0.3 is 0 Å². The molecule has 1 aliphatic heterocycles. The highest BCUT2D eigenvalue weighted by Gasteiger charge is 2.28. The molecule has 2 heterocycles. The van der Waals surface area contributed by atoms with E-state index < -0.39 is 0 Å². The van der Waals surface area contributed by atoms with Crippen molar-refractivity contribution in [3.8, 4) is 0 Å². The summed E-state index contributed by atoms with van der Waals surface area (Å²) in [6, 6.07) is 12.0. The van der Waals surface area contributed by atoms with Crippen LogP contribution < -0.4 is 5.32 Å². The largest absolute Gasteiger partial charge is 0.329 e. The van der Waals surface area contributed by atoms with E-state index in [1.54, 1.807) is 6.20 Å². The van der Waals surface area contributed by atoms with Gasteiger partial charge in [-0.1, -0.05) is 32.0 Å². The van der Waals surface area contributed by atoms with Crippen molar-refractivity contribution in [1.82, 2.24) is 15.2 Å². The standard InChI is InChI=1S/C19H23N3O/c1-14(2)15-5-7-16(8-6-15)19(23)22-11-10-21-13-18(22)17-4-3-9-20-12-17/h3-9,12,14,18,21H,10-11,13H2,1-2H3. The van der Waals surface area contributed by atoms with Crippen molar-refractivity contribution in [1.29, 1.82) is 0 Å². The Balaban J connectivity index is 1.84. The number of carbonyl (C=O) groups excluding carboxylic acids is 1. The minimum atomic E-state index is 0.0368. The van der Waals surface area contributed by atoms with Gasteiger partial charge in [0.25, 0.3) is 5.91 Å². The first-order valence-electron chi connectivity index (χ1n) is 8.18. The number of carbonyl (C=O) groups is 1. The molecule has 0 radical (unpaired) electrons. The molecule has 0 aliphatic carbocycles. The second-order valence-electron chi connectivity index (χ2n) is 6.28. The summed E-state index contributed by atoms with van der Waals surface area (Å²) in [5, 5.41) is 3.37. The van der Waals surface area contributed by atoms with E-state index >= 15 is 0 Å². The minimum absolute atomic E-state index is 0.0368. The SMILES string of the molecule is CC(C)c1ccc(C(=O)N2CCNCC2c2cccnc2)cc1. The highest BCUT2D eigenvalue weighted by atomic mass is 16.2. The average molecular weight is 309 g/mol. The molecule has 23 heavy (non-hydrogen) atoms. The molecule has 3 rings (SSSR count). The highest BCUT2D eigenvalue weighted by Crippen LogP contribution is 2.24. The molecule has 4 heteroatoms. The molecule has 1 saturated heterocycles. The van der Waals surface area contributed by atoms with Crippen LogP contribution in [0.25, 0.3) is 0 Å². The van der Waals surface area contributed by atoms with Crippen LogP contribution in [-0.2, 0) is 0 Å². The van der Waals surface area contributed by atoms with Crippen LogP contribution in [0, 0.1) is 0 Å². The Kier molecular flexibility index (Phi) is 4.72. The molecule has 4 nitrogen and oxygen atoms in total. The van der Waals surface area contributed by atoms with Crippen molar-refractivity contribution in [3.05, 3.63) is 65.5 Å². The molecule has 120 valence electrons. The summed E-state index contributed by atoms with van der Waals surface area (Å²) < 4.78 is 0. The van der Waals surface area contributed by atoms with Crippen LogP contribution in [0.15, 0.2) is 48.8 Å². The summed E-state index contributed by atoms with van der Waals surface area (Å²) in [4.78, 5) is 19.1. The van der Waals surface area contributed by atoms with E-state index in [9.17, 15) is 4.79 Å². The van der Waals surface area contributed by atoms with Crippen LogP contribution in [0.2, 0.25) is 0 Å². The Morgan fingerprint density at radius 2 is 2.04 bits per heavy atom. The van der Waals surface area contributed by atoms with Gasteiger partial charge in [-0.2, -0.15) is 0 Å². The third kappa shape index (κ3) is 3.42. The van der Waals surface area contributed by atoms with Gasteiger partial charge in [0.1, 0.15) is 0 Å². The number of nitrogens with one attached hydrogen (secondary N) is 1. The van der Waals surface area contributed by atoms with E-state index in [4.69, 9.17) is 0 Å². The van der Waals surface area contributed by atoms with E-state index in [1.807, 2.05) is 35.4 Å². The zero-order chi connectivity index (χ0) is 16.2. The molecular formula is C19H23N3O. The Morgan fingerprint density at radius 1 is 1.26 bits per heavy atom. The molecule has 1 atom stereocenters. The molecule has 1 fully saturated rings. The fraction of sp³-hybridized carbons (Fsp3) is 0.368. The molecule has 1 aromatic carbocycles. The van der Waals surface area contributed by atoms with Crippen molar-refractivity contribution in [3.63, 3.8) is 0 Å². The Morgan fingerprint density at radius 3 is 2.70 bits per heavy atom. The number of pyridine rings is 1. The van der Waals surface area contributed by atoms with Gasteiger partial charge in [0.2, 0.25) is 0 Å². The molecule has 1 amide bonds. The van der Waals surface area contributed by atoms with E-state index in [0.717, 1.165) is 24.2 Å².